The average molecular weight is 164 g/mol. The average Bonchev–Trinajstić information content (AvgIpc) is 2.17. The van der Waals surface area contributed by atoms with Crippen molar-refractivity contribution in [2.45, 2.75) is 13.8 Å². The van der Waals surface area contributed by atoms with E-state index in [1.807, 2.05) is 50.6 Å². The van der Waals surface area contributed by atoms with Gasteiger partial charge < -0.3 is 6.42 Å². The van der Waals surface area contributed by atoms with Gasteiger partial charge >= 0.3 is 17.1 Å². The van der Waals surface area contributed by atoms with Gasteiger partial charge in [-0.3, -0.25) is 0 Å². The predicted octanol–water partition coefficient (Wildman–Crippen LogP) is 2.63. The summed E-state index contributed by atoms with van der Waals surface area (Å²) in [7, 11) is 0. The first kappa shape index (κ1) is 11.6. The van der Waals surface area contributed by atoms with Crippen LogP contribution in [0, 0.1) is 6.42 Å². The van der Waals surface area contributed by atoms with E-state index in [2.05, 4.69) is 0 Å². The van der Waals surface area contributed by atoms with Crippen LogP contribution in [-0.2, 0) is 17.1 Å². The maximum absolute atomic E-state index is 2.00. The van der Waals surface area contributed by atoms with Crippen LogP contribution >= 0.6 is 0 Å². The minimum atomic E-state index is 0. The van der Waals surface area contributed by atoms with Gasteiger partial charge in [0, 0.05) is 0 Å². The van der Waals surface area contributed by atoms with Crippen molar-refractivity contribution in [1.29, 1.82) is 0 Å². The molecule has 1 aromatic rings. The number of rotatable bonds is 0. The van der Waals surface area contributed by atoms with Crippen molar-refractivity contribution in [3.63, 3.8) is 0 Å². The molecule has 0 bridgehead atoms. The Morgan fingerprint density at radius 2 is 1.44 bits per heavy atom. The topological polar surface area (TPSA) is 0 Å². The van der Waals surface area contributed by atoms with E-state index in [0.29, 0.717) is 0 Å². The summed E-state index contributed by atoms with van der Waals surface area (Å²) in [6, 6.07) is 10.0. The maximum Gasteiger partial charge on any atom is 2.00 e. The standard InChI is InChI=1S/C5H5.C3H7.Fe/c1-2-4-5-3-1;1-3-2;/h1-5H;3H,1-2H3;/q2*-1;+2. The molecule has 0 spiro atoms. The van der Waals surface area contributed by atoms with Crippen LogP contribution in [0.1, 0.15) is 13.8 Å². The molecule has 52 valence electrons. The zero-order valence-electron chi connectivity index (χ0n) is 5.82. The second kappa shape index (κ2) is 10.8. The predicted molar refractivity (Wildman–Crippen MR) is 37.7 cm³/mol. The summed E-state index contributed by atoms with van der Waals surface area (Å²) in [5.41, 5.74) is 0. The minimum absolute atomic E-state index is 0. The van der Waals surface area contributed by atoms with Crippen molar-refractivity contribution in [2.24, 2.45) is 0 Å². The molecule has 0 aliphatic carbocycles. The summed E-state index contributed by atoms with van der Waals surface area (Å²) in [4.78, 5) is 0. The summed E-state index contributed by atoms with van der Waals surface area (Å²) in [6.45, 7) is 4.00. The molecule has 0 saturated heterocycles. The van der Waals surface area contributed by atoms with Gasteiger partial charge in [0.2, 0.25) is 0 Å². The van der Waals surface area contributed by atoms with E-state index < -0.39 is 0 Å². The summed E-state index contributed by atoms with van der Waals surface area (Å²) in [5, 5.41) is 0. The summed E-state index contributed by atoms with van der Waals surface area (Å²) in [6.07, 6.45) is 2.00. The van der Waals surface area contributed by atoms with Gasteiger partial charge in [-0.25, -0.2) is 12.1 Å². The van der Waals surface area contributed by atoms with Gasteiger partial charge in [0.05, 0.1) is 0 Å². The Hall–Kier alpha value is -0.131. The van der Waals surface area contributed by atoms with Crippen molar-refractivity contribution in [3.8, 4) is 0 Å². The van der Waals surface area contributed by atoms with Gasteiger partial charge in [-0.15, -0.1) is 0 Å². The Balaban J connectivity index is 0. The molecule has 0 radical (unpaired) electrons. The minimum Gasteiger partial charge on any atom is -0.335 e. The van der Waals surface area contributed by atoms with Crippen LogP contribution in [0.15, 0.2) is 30.3 Å². The van der Waals surface area contributed by atoms with Gasteiger partial charge in [-0.2, -0.15) is 32.0 Å². The van der Waals surface area contributed by atoms with Crippen molar-refractivity contribution in [1.82, 2.24) is 0 Å². The van der Waals surface area contributed by atoms with E-state index in [0.717, 1.165) is 0 Å². The fourth-order valence-corrected chi connectivity index (χ4v) is 0.321. The Bertz CT molecular complexity index is 71.5. The summed E-state index contributed by atoms with van der Waals surface area (Å²) >= 11 is 0. The van der Waals surface area contributed by atoms with E-state index >= 15 is 0 Å². The summed E-state index contributed by atoms with van der Waals surface area (Å²) in [5.74, 6) is 0. The van der Waals surface area contributed by atoms with Crippen LogP contribution in [0.5, 0.6) is 0 Å². The molecular formula is C8H12Fe. The first-order valence-electron chi connectivity index (χ1n) is 2.82. The Kier molecular flexibility index (Phi) is 13.9. The molecule has 0 aliphatic heterocycles. The maximum atomic E-state index is 2.00. The molecule has 0 atom stereocenters. The SMILES string of the molecule is C[CH-]C.[Fe+2].c1cc[cH-]c1. The molecule has 1 heteroatoms. The molecule has 1 aromatic carbocycles. The molecule has 0 amide bonds. The van der Waals surface area contributed by atoms with Gasteiger partial charge in [-0.05, 0) is 0 Å². The van der Waals surface area contributed by atoms with Crippen molar-refractivity contribution in [3.05, 3.63) is 36.8 Å². The zero-order chi connectivity index (χ0) is 6.24. The molecular weight excluding hydrogens is 152 g/mol. The molecule has 1 rings (SSSR count). The normalized spacial score (nSPS) is 6.44. The third kappa shape index (κ3) is 11.4. The fourth-order valence-electron chi connectivity index (χ4n) is 0.321. The monoisotopic (exact) mass is 164 g/mol. The van der Waals surface area contributed by atoms with Crippen LogP contribution in [0.3, 0.4) is 0 Å². The van der Waals surface area contributed by atoms with E-state index in [1.165, 1.54) is 0 Å². The van der Waals surface area contributed by atoms with Crippen LogP contribution in [0.25, 0.3) is 0 Å². The van der Waals surface area contributed by atoms with Gasteiger partial charge in [0.15, 0.2) is 0 Å². The molecule has 0 aliphatic rings. The summed E-state index contributed by atoms with van der Waals surface area (Å²) < 4.78 is 0. The number of hydrogen-bond donors (Lipinski definition) is 0. The first-order valence-corrected chi connectivity index (χ1v) is 2.82. The first-order chi connectivity index (χ1) is 3.91. The largest absolute Gasteiger partial charge is 2.00 e. The zero-order valence-corrected chi connectivity index (χ0v) is 6.92. The van der Waals surface area contributed by atoms with Crippen molar-refractivity contribution < 1.29 is 17.1 Å². The molecule has 0 aromatic heterocycles. The van der Waals surface area contributed by atoms with E-state index in [-0.39, 0.29) is 17.1 Å². The second-order valence-electron chi connectivity index (χ2n) is 1.54. The molecule has 0 nitrogen and oxygen atoms in total. The van der Waals surface area contributed by atoms with Gasteiger partial charge in [-0.1, -0.05) is 0 Å². The van der Waals surface area contributed by atoms with Crippen molar-refractivity contribution in [2.75, 3.05) is 0 Å². The molecule has 0 heterocycles. The molecule has 0 N–H and O–H groups in total. The number of hydrogen-bond acceptors (Lipinski definition) is 0. The molecule has 9 heavy (non-hydrogen) atoms. The molecule has 0 saturated carbocycles. The van der Waals surface area contributed by atoms with Gasteiger partial charge in [0.1, 0.15) is 0 Å². The Morgan fingerprint density at radius 3 is 1.56 bits per heavy atom. The third-order valence-electron chi connectivity index (χ3n) is 0.556. The quantitative estimate of drug-likeness (QED) is 0.408. The van der Waals surface area contributed by atoms with E-state index in [1.54, 1.807) is 0 Å². The Labute approximate surface area is 68.1 Å². The molecule has 0 fully saturated rings. The molecule has 0 unspecified atom stereocenters. The van der Waals surface area contributed by atoms with Crippen LogP contribution in [0.4, 0.5) is 0 Å². The van der Waals surface area contributed by atoms with Crippen LogP contribution < -0.4 is 0 Å². The van der Waals surface area contributed by atoms with E-state index in [9.17, 15) is 0 Å². The third-order valence-corrected chi connectivity index (χ3v) is 0.556. The Morgan fingerprint density at radius 1 is 1.11 bits per heavy atom. The van der Waals surface area contributed by atoms with Crippen LogP contribution in [-0.4, -0.2) is 0 Å². The smallest absolute Gasteiger partial charge is 0.335 e. The van der Waals surface area contributed by atoms with E-state index in [4.69, 9.17) is 0 Å². The van der Waals surface area contributed by atoms with Crippen molar-refractivity contribution >= 4 is 0 Å². The second-order valence-corrected chi connectivity index (χ2v) is 1.54. The van der Waals surface area contributed by atoms with Crippen LogP contribution in [0.2, 0.25) is 0 Å². The fraction of sp³-hybridized carbons (Fsp3) is 0.250. The van der Waals surface area contributed by atoms with Gasteiger partial charge in [0.25, 0.3) is 0 Å².